The summed E-state index contributed by atoms with van der Waals surface area (Å²) < 4.78 is 26.3. The van der Waals surface area contributed by atoms with Gasteiger partial charge in [-0.05, 0) is 30.3 Å². The van der Waals surface area contributed by atoms with Crippen LogP contribution in [0.3, 0.4) is 0 Å². The van der Waals surface area contributed by atoms with Crippen LogP contribution in [0.2, 0.25) is 0 Å². The normalized spacial score (nSPS) is 10.2. The maximum Gasteiger partial charge on any atom is 0.270 e. The minimum absolute atomic E-state index is 0.0669. The van der Waals surface area contributed by atoms with Crippen molar-refractivity contribution < 1.29 is 13.6 Å². The maximum absolute atomic E-state index is 13.3. The van der Waals surface area contributed by atoms with Gasteiger partial charge in [-0.15, -0.1) is 0 Å². The summed E-state index contributed by atoms with van der Waals surface area (Å²) in [6.45, 7) is -0.126. The average molecular weight is 263 g/mol. The number of benzene rings is 1. The number of hydrogen-bond donors (Lipinski definition) is 2. The van der Waals surface area contributed by atoms with Crippen molar-refractivity contribution in [1.29, 1.82) is 0 Å². The lowest BCUT2D eigenvalue weighted by Gasteiger charge is -2.06. The number of nitrogen functional groups attached to an aromatic ring is 1. The molecule has 0 atom stereocenters. The van der Waals surface area contributed by atoms with E-state index in [0.717, 1.165) is 18.2 Å². The smallest absolute Gasteiger partial charge is 0.270 e. The summed E-state index contributed by atoms with van der Waals surface area (Å²) in [5.74, 6) is -1.65. The summed E-state index contributed by atoms with van der Waals surface area (Å²) in [4.78, 5) is 15.6. The summed E-state index contributed by atoms with van der Waals surface area (Å²) in [5, 5.41) is 2.45. The molecule has 98 valence electrons. The quantitative estimate of drug-likeness (QED) is 0.888. The highest BCUT2D eigenvalue weighted by molar-refractivity contribution is 5.92. The number of nitrogens with one attached hydrogen (secondary N) is 1. The molecule has 2 rings (SSSR count). The van der Waals surface area contributed by atoms with Crippen LogP contribution in [0, 0.1) is 11.6 Å². The Kier molecular flexibility index (Phi) is 3.70. The van der Waals surface area contributed by atoms with Gasteiger partial charge in [0.1, 0.15) is 17.3 Å². The monoisotopic (exact) mass is 263 g/mol. The van der Waals surface area contributed by atoms with Crippen LogP contribution in [0.1, 0.15) is 16.1 Å². The van der Waals surface area contributed by atoms with Crippen LogP contribution in [0.5, 0.6) is 0 Å². The van der Waals surface area contributed by atoms with Gasteiger partial charge in [-0.3, -0.25) is 9.78 Å². The van der Waals surface area contributed by atoms with Crippen molar-refractivity contribution in [3.63, 3.8) is 0 Å². The molecule has 1 amide bonds. The molecule has 0 saturated heterocycles. The highest BCUT2D eigenvalue weighted by Crippen LogP contribution is 2.10. The van der Waals surface area contributed by atoms with Crippen LogP contribution in [-0.4, -0.2) is 10.9 Å². The average Bonchev–Trinajstić information content (AvgIpc) is 2.39. The molecule has 4 nitrogen and oxygen atoms in total. The SMILES string of the molecule is Nc1ccnc(C(=O)NCc2cc(F)ccc2F)c1. The van der Waals surface area contributed by atoms with E-state index in [-0.39, 0.29) is 17.8 Å². The Hall–Kier alpha value is -2.50. The van der Waals surface area contributed by atoms with Gasteiger partial charge in [0.15, 0.2) is 0 Å². The van der Waals surface area contributed by atoms with Crippen LogP contribution in [0.4, 0.5) is 14.5 Å². The number of anilines is 1. The molecule has 0 bridgehead atoms. The highest BCUT2D eigenvalue weighted by atomic mass is 19.1. The van der Waals surface area contributed by atoms with E-state index in [0.29, 0.717) is 5.69 Å². The van der Waals surface area contributed by atoms with E-state index in [2.05, 4.69) is 10.3 Å². The van der Waals surface area contributed by atoms with E-state index < -0.39 is 17.5 Å². The number of halogens is 2. The van der Waals surface area contributed by atoms with Gasteiger partial charge in [0.05, 0.1) is 0 Å². The van der Waals surface area contributed by atoms with Gasteiger partial charge in [-0.25, -0.2) is 8.78 Å². The number of pyridine rings is 1. The fraction of sp³-hybridized carbons (Fsp3) is 0.0769. The third kappa shape index (κ3) is 3.25. The molecule has 0 saturated carbocycles. The van der Waals surface area contributed by atoms with Gasteiger partial charge in [0.25, 0.3) is 5.91 Å². The van der Waals surface area contributed by atoms with Crippen LogP contribution >= 0.6 is 0 Å². The summed E-state index contributed by atoms with van der Waals surface area (Å²) in [5.41, 5.74) is 6.11. The third-order valence-electron chi connectivity index (χ3n) is 2.46. The van der Waals surface area contributed by atoms with Crippen molar-refractivity contribution in [1.82, 2.24) is 10.3 Å². The van der Waals surface area contributed by atoms with Gasteiger partial charge in [0, 0.05) is 24.0 Å². The number of carbonyl (C=O) groups is 1. The zero-order valence-corrected chi connectivity index (χ0v) is 9.86. The summed E-state index contributed by atoms with van der Waals surface area (Å²) >= 11 is 0. The molecule has 0 spiro atoms. The number of hydrogen-bond acceptors (Lipinski definition) is 3. The predicted octanol–water partition coefficient (Wildman–Crippen LogP) is 1.87. The number of nitrogens with zero attached hydrogens (tertiary/aromatic N) is 1. The molecule has 19 heavy (non-hydrogen) atoms. The maximum atomic E-state index is 13.3. The van der Waals surface area contributed by atoms with Crippen LogP contribution in [0.25, 0.3) is 0 Å². The molecule has 1 heterocycles. The fourth-order valence-electron chi connectivity index (χ4n) is 1.52. The Labute approximate surface area is 108 Å². The molecule has 0 unspecified atom stereocenters. The number of amides is 1. The van der Waals surface area contributed by atoms with Gasteiger partial charge in [-0.2, -0.15) is 0 Å². The Bertz CT molecular complexity index is 617. The Balaban J connectivity index is 2.06. The predicted molar refractivity (Wildman–Crippen MR) is 66.2 cm³/mol. The number of carbonyl (C=O) groups excluding carboxylic acids is 1. The van der Waals surface area contributed by atoms with Crippen LogP contribution < -0.4 is 11.1 Å². The molecule has 0 radical (unpaired) electrons. The van der Waals surface area contributed by atoms with Crippen LogP contribution in [0.15, 0.2) is 36.5 Å². The van der Waals surface area contributed by atoms with Gasteiger partial charge in [0.2, 0.25) is 0 Å². The molecule has 0 fully saturated rings. The van der Waals surface area contributed by atoms with Crippen molar-refractivity contribution in [2.24, 2.45) is 0 Å². The topological polar surface area (TPSA) is 68.0 Å². The molecule has 1 aromatic heterocycles. The van der Waals surface area contributed by atoms with E-state index in [4.69, 9.17) is 5.73 Å². The fourth-order valence-corrected chi connectivity index (χ4v) is 1.52. The molecular weight excluding hydrogens is 252 g/mol. The standard InChI is InChI=1S/C13H11F2N3O/c14-9-1-2-11(15)8(5-9)7-18-13(19)12-6-10(16)3-4-17-12/h1-6H,7H2,(H2,16,17)(H,18,19). The zero-order valence-electron chi connectivity index (χ0n) is 9.86. The molecule has 3 N–H and O–H groups in total. The number of nitrogens with two attached hydrogens (primary N) is 1. The first-order valence-electron chi connectivity index (χ1n) is 5.50. The minimum atomic E-state index is -0.581. The Morgan fingerprint density at radius 2 is 2.05 bits per heavy atom. The van der Waals surface area contributed by atoms with E-state index in [1.54, 1.807) is 6.07 Å². The zero-order chi connectivity index (χ0) is 13.8. The molecule has 2 aromatic rings. The summed E-state index contributed by atoms with van der Waals surface area (Å²) in [6, 6.07) is 6.00. The van der Waals surface area contributed by atoms with E-state index in [1.165, 1.54) is 12.3 Å². The van der Waals surface area contributed by atoms with Crippen molar-refractivity contribution >= 4 is 11.6 Å². The Morgan fingerprint density at radius 3 is 2.79 bits per heavy atom. The molecule has 1 aromatic carbocycles. The van der Waals surface area contributed by atoms with Gasteiger partial charge < -0.3 is 11.1 Å². The van der Waals surface area contributed by atoms with Gasteiger partial charge in [-0.1, -0.05) is 0 Å². The first kappa shape index (κ1) is 12.9. The second-order valence-electron chi connectivity index (χ2n) is 3.89. The lowest BCUT2D eigenvalue weighted by molar-refractivity contribution is 0.0945. The van der Waals surface area contributed by atoms with Crippen molar-refractivity contribution in [3.05, 3.63) is 59.4 Å². The summed E-state index contributed by atoms with van der Waals surface area (Å²) in [6.07, 6.45) is 1.40. The lowest BCUT2D eigenvalue weighted by Crippen LogP contribution is -2.24. The van der Waals surface area contributed by atoms with E-state index >= 15 is 0 Å². The third-order valence-corrected chi connectivity index (χ3v) is 2.46. The van der Waals surface area contributed by atoms with Gasteiger partial charge >= 0.3 is 0 Å². The Morgan fingerprint density at radius 1 is 1.26 bits per heavy atom. The minimum Gasteiger partial charge on any atom is -0.399 e. The lowest BCUT2D eigenvalue weighted by atomic mass is 10.2. The highest BCUT2D eigenvalue weighted by Gasteiger charge is 2.09. The molecule has 0 aliphatic heterocycles. The molecule has 0 aliphatic rings. The molecule has 6 heteroatoms. The molecule has 0 aliphatic carbocycles. The second kappa shape index (κ2) is 5.43. The second-order valence-corrected chi connectivity index (χ2v) is 3.89. The van der Waals surface area contributed by atoms with E-state index in [1.807, 2.05) is 0 Å². The van der Waals surface area contributed by atoms with Crippen LogP contribution in [-0.2, 0) is 6.54 Å². The van der Waals surface area contributed by atoms with E-state index in [9.17, 15) is 13.6 Å². The largest absolute Gasteiger partial charge is 0.399 e. The molecular formula is C13H11F2N3O. The van der Waals surface area contributed by atoms with Crippen molar-refractivity contribution in [2.75, 3.05) is 5.73 Å². The van der Waals surface area contributed by atoms with Crippen molar-refractivity contribution in [3.8, 4) is 0 Å². The number of aromatic nitrogens is 1. The first-order chi connectivity index (χ1) is 9.06. The van der Waals surface area contributed by atoms with Crippen molar-refractivity contribution in [2.45, 2.75) is 6.54 Å². The first-order valence-corrected chi connectivity index (χ1v) is 5.50. The summed E-state index contributed by atoms with van der Waals surface area (Å²) in [7, 11) is 0. The number of rotatable bonds is 3.